The fourth-order valence-corrected chi connectivity index (χ4v) is 3.14. The molecule has 2 aromatic rings. The van der Waals surface area contributed by atoms with Gasteiger partial charge in [0.2, 0.25) is 5.91 Å². The third-order valence-corrected chi connectivity index (χ3v) is 4.97. The Morgan fingerprint density at radius 1 is 1.29 bits per heavy atom. The molecule has 0 bridgehead atoms. The van der Waals surface area contributed by atoms with Crippen molar-refractivity contribution in [3.05, 3.63) is 62.7 Å². The van der Waals surface area contributed by atoms with E-state index in [2.05, 4.69) is 46.2 Å². The van der Waals surface area contributed by atoms with Crippen LogP contribution in [0, 0.1) is 10.5 Å². The number of anilines is 1. The summed E-state index contributed by atoms with van der Waals surface area (Å²) in [5, 5.41) is 6.32. The molecule has 1 aliphatic heterocycles. The van der Waals surface area contributed by atoms with E-state index in [0.29, 0.717) is 0 Å². The number of carbonyl (C=O) groups excluding carboxylic acids is 1. The lowest BCUT2D eigenvalue weighted by Crippen LogP contribution is -2.38. The highest BCUT2D eigenvalue weighted by molar-refractivity contribution is 14.1. The summed E-state index contributed by atoms with van der Waals surface area (Å²) in [6, 6.07) is 13.9. The van der Waals surface area contributed by atoms with E-state index in [-0.39, 0.29) is 11.9 Å². The van der Waals surface area contributed by atoms with Crippen molar-refractivity contribution in [3.63, 3.8) is 0 Å². The number of nitrogens with one attached hydrogen (secondary N) is 2. The summed E-state index contributed by atoms with van der Waals surface area (Å²) in [7, 11) is 0. The first-order valence-electron chi connectivity index (χ1n) is 7.03. The predicted octanol–water partition coefficient (Wildman–Crippen LogP) is 3.43. The summed E-state index contributed by atoms with van der Waals surface area (Å²) in [6.45, 7) is 2.90. The van der Waals surface area contributed by atoms with Gasteiger partial charge < -0.3 is 10.6 Å². The molecule has 0 aromatic heterocycles. The molecule has 1 heterocycles. The van der Waals surface area contributed by atoms with Crippen LogP contribution in [0.3, 0.4) is 0 Å². The monoisotopic (exact) mass is 392 g/mol. The molecule has 0 spiro atoms. The second-order valence-electron chi connectivity index (χ2n) is 5.29. The molecule has 1 aliphatic rings. The lowest BCUT2D eigenvalue weighted by Gasteiger charge is -2.26. The van der Waals surface area contributed by atoms with Crippen LogP contribution in [0.5, 0.6) is 0 Å². The second-order valence-corrected chi connectivity index (χ2v) is 6.45. The summed E-state index contributed by atoms with van der Waals surface area (Å²) >= 11 is 2.28. The molecule has 4 heteroatoms. The second kappa shape index (κ2) is 6.15. The van der Waals surface area contributed by atoms with Crippen molar-refractivity contribution in [2.45, 2.75) is 19.4 Å². The predicted molar refractivity (Wildman–Crippen MR) is 93.4 cm³/mol. The number of amides is 1. The van der Waals surface area contributed by atoms with E-state index in [1.165, 1.54) is 11.1 Å². The van der Waals surface area contributed by atoms with E-state index in [1.54, 1.807) is 0 Å². The Labute approximate surface area is 138 Å². The largest absolute Gasteiger partial charge is 0.324 e. The van der Waals surface area contributed by atoms with Gasteiger partial charge in [-0.1, -0.05) is 30.3 Å². The van der Waals surface area contributed by atoms with Crippen molar-refractivity contribution >= 4 is 34.2 Å². The molecular formula is C17H17IN2O. The van der Waals surface area contributed by atoms with Crippen LogP contribution in [0.1, 0.15) is 22.7 Å². The molecule has 1 unspecified atom stereocenters. The van der Waals surface area contributed by atoms with Crippen LogP contribution in [0.15, 0.2) is 42.5 Å². The van der Waals surface area contributed by atoms with Crippen LogP contribution in [-0.4, -0.2) is 12.5 Å². The summed E-state index contributed by atoms with van der Waals surface area (Å²) in [5.41, 5.74) is 4.41. The van der Waals surface area contributed by atoms with Crippen LogP contribution < -0.4 is 10.6 Å². The van der Waals surface area contributed by atoms with Gasteiger partial charge in [0.1, 0.15) is 6.04 Å². The molecule has 21 heavy (non-hydrogen) atoms. The van der Waals surface area contributed by atoms with Gasteiger partial charge in [0, 0.05) is 15.8 Å². The van der Waals surface area contributed by atoms with Gasteiger partial charge in [-0.25, -0.2) is 0 Å². The van der Waals surface area contributed by atoms with Gasteiger partial charge in [-0.2, -0.15) is 0 Å². The molecule has 2 N–H and O–H groups in total. The summed E-state index contributed by atoms with van der Waals surface area (Å²) in [5.74, 6) is 0.00167. The first-order chi connectivity index (χ1) is 10.1. The highest BCUT2D eigenvalue weighted by Crippen LogP contribution is 2.24. The Morgan fingerprint density at radius 3 is 2.90 bits per heavy atom. The Morgan fingerprint density at radius 2 is 2.10 bits per heavy atom. The summed E-state index contributed by atoms with van der Waals surface area (Å²) < 4.78 is 1.16. The first-order valence-corrected chi connectivity index (χ1v) is 8.11. The van der Waals surface area contributed by atoms with Crippen LogP contribution in [0.2, 0.25) is 0 Å². The molecular weight excluding hydrogens is 375 g/mol. The van der Waals surface area contributed by atoms with Gasteiger partial charge in [-0.15, -0.1) is 0 Å². The zero-order chi connectivity index (χ0) is 14.8. The maximum Gasteiger partial charge on any atom is 0.246 e. The number of fused-ring (bicyclic) bond motifs is 1. The maximum absolute atomic E-state index is 12.6. The third-order valence-electron chi connectivity index (χ3n) is 3.81. The number of rotatable bonds is 2. The molecule has 0 saturated carbocycles. The molecule has 1 atom stereocenters. The quantitative estimate of drug-likeness (QED) is 0.770. The standard InChI is InChI=1S/C17H17IN2O/c1-11-6-7-13(10-15(11)18)20-17(21)16-14-5-3-2-4-12(14)8-9-19-16/h2-7,10,16,19H,8-9H2,1H3,(H,20,21). The van der Waals surface area contributed by atoms with E-state index in [1.807, 2.05) is 36.4 Å². The highest BCUT2D eigenvalue weighted by atomic mass is 127. The average molecular weight is 392 g/mol. The smallest absolute Gasteiger partial charge is 0.246 e. The lowest BCUT2D eigenvalue weighted by molar-refractivity contribution is -0.118. The van der Waals surface area contributed by atoms with E-state index in [0.717, 1.165) is 27.8 Å². The number of hydrogen-bond donors (Lipinski definition) is 2. The van der Waals surface area contributed by atoms with Crippen LogP contribution in [-0.2, 0) is 11.2 Å². The molecule has 0 radical (unpaired) electrons. The van der Waals surface area contributed by atoms with Gasteiger partial charge in [-0.3, -0.25) is 4.79 Å². The number of hydrogen-bond acceptors (Lipinski definition) is 2. The van der Waals surface area contributed by atoms with Crippen LogP contribution in [0.25, 0.3) is 0 Å². The minimum absolute atomic E-state index is 0.00167. The molecule has 0 fully saturated rings. The van der Waals surface area contributed by atoms with Crippen molar-refractivity contribution in [2.24, 2.45) is 0 Å². The van der Waals surface area contributed by atoms with Crippen molar-refractivity contribution in [3.8, 4) is 0 Å². The SMILES string of the molecule is Cc1ccc(NC(=O)C2NCCc3ccccc32)cc1I. The molecule has 108 valence electrons. The number of aryl methyl sites for hydroxylation is 1. The first kappa shape index (κ1) is 14.5. The molecule has 3 rings (SSSR count). The zero-order valence-corrected chi connectivity index (χ0v) is 14.0. The van der Waals surface area contributed by atoms with Gasteiger partial charge in [0.25, 0.3) is 0 Å². The average Bonchev–Trinajstić information content (AvgIpc) is 2.50. The van der Waals surface area contributed by atoms with Gasteiger partial charge in [0.15, 0.2) is 0 Å². The van der Waals surface area contributed by atoms with Crippen molar-refractivity contribution in [1.82, 2.24) is 5.32 Å². The van der Waals surface area contributed by atoms with Crippen molar-refractivity contribution in [1.29, 1.82) is 0 Å². The number of halogens is 1. The topological polar surface area (TPSA) is 41.1 Å². The Bertz CT molecular complexity index is 684. The lowest BCUT2D eigenvalue weighted by atomic mass is 9.94. The Balaban J connectivity index is 1.81. The van der Waals surface area contributed by atoms with Gasteiger partial charge in [0.05, 0.1) is 0 Å². The minimum Gasteiger partial charge on any atom is -0.324 e. The number of benzene rings is 2. The molecule has 0 saturated heterocycles. The van der Waals surface area contributed by atoms with E-state index in [9.17, 15) is 4.79 Å². The van der Waals surface area contributed by atoms with Crippen molar-refractivity contribution in [2.75, 3.05) is 11.9 Å². The fourth-order valence-electron chi connectivity index (χ4n) is 2.62. The fraction of sp³-hybridized carbons (Fsp3) is 0.235. The van der Waals surface area contributed by atoms with E-state index < -0.39 is 0 Å². The Kier molecular flexibility index (Phi) is 4.26. The maximum atomic E-state index is 12.6. The van der Waals surface area contributed by atoms with Crippen LogP contribution >= 0.6 is 22.6 Å². The molecule has 3 nitrogen and oxygen atoms in total. The summed E-state index contributed by atoms with van der Waals surface area (Å²) in [4.78, 5) is 12.6. The van der Waals surface area contributed by atoms with Gasteiger partial charge >= 0.3 is 0 Å². The molecule has 0 aliphatic carbocycles. The highest BCUT2D eigenvalue weighted by Gasteiger charge is 2.25. The summed E-state index contributed by atoms with van der Waals surface area (Å²) in [6.07, 6.45) is 0.975. The van der Waals surface area contributed by atoms with E-state index in [4.69, 9.17) is 0 Å². The van der Waals surface area contributed by atoms with Crippen LogP contribution in [0.4, 0.5) is 5.69 Å². The third kappa shape index (κ3) is 3.11. The van der Waals surface area contributed by atoms with E-state index >= 15 is 0 Å². The Hall–Kier alpha value is -1.40. The normalized spacial score (nSPS) is 17.1. The minimum atomic E-state index is -0.270. The molecule has 2 aromatic carbocycles. The molecule has 1 amide bonds. The number of carbonyl (C=O) groups is 1. The van der Waals surface area contributed by atoms with Gasteiger partial charge in [-0.05, 0) is 64.8 Å². The van der Waals surface area contributed by atoms with Crippen molar-refractivity contribution < 1.29 is 4.79 Å². The zero-order valence-electron chi connectivity index (χ0n) is 11.8.